The number of nitrogens with one attached hydrogen (secondary N) is 1. The lowest BCUT2D eigenvalue weighted by Crippen LogP contribution is -2.30. The molecule has 0 unspecified atom stereocenters. The molecule has 1 aromatic carbocycles. The number of nitrogens with zero attached hydrogens (tertiary/aromatic N) is 3. The molecule has 0 aliphatic heterocycles. The molecule has 0 atom stereocenters. The van der Waals surface area contributed by atoms with Gasteiger partial charge in [0.25, 0.3) is 5.91 Å². The van der Waals surface area contributed by atoms with Crippen LogP contribution >= 0.6 is 0 Å². The monoisotopic (exact) mass is 312 g/mol. The van der Waals surface area contributed by atoms with Crippen LogP contribution in [0.2, 0.25) is 0 Å². The molecule has 0 aliphatic rings. The Morgan fingerprint density at radius 1 is 1.30 bits per heavy atom. The van der Waals surface area contributed by atoms with Crippen molar-refractivity contribution >= 4 is 16.8 Å². The van der Waals surface area contributed by atoms with E-state index in [9.17, 15) is 4.79 Å². The molecule has 6 nitrogen and oxygen atoms in total. The van der Waals surface area contributed by atoms with Gasteiger partial charge < -0.3 is 19.2 Å². The van der Waals surface area contributed by atoms with E-state index in [1.807, 2.05) is 52.8 Å². The van der Waals surface area contributed by atoms with Crippen LogP contribution in [0.15, 0.2) is 49.2 Å². The minimum atomic E-state index is -0.108. The normalized spacial score (nSPS) is 10.8. The van der Waals surface area contributed by atoms with Gasteiger partial charge in [-0.3, -0.25) is 4.79 Å². The second-order valence-corrected chi connectivity index (χ2v) is 5.41. The average molecular weight is 312 g/mol. The van der Waals surface area contributed by atoms with E-state index in [0.29, 0.717) is 6.54 Å². The number of aromatic nitrogens is 3. The zero-order valence-electron chi connectivity index (χ0n) is 13.1. The summed E-state index contributed by atoms with van der Waals surface area (Å²) < 4.78 is 9.67. The molecule has 120 valence electrons. The number of carbonyl (C=O) groups is 1. The standard InChI is InChI=1S/C17H20N4O2/c1-20-10-6-14-15(20)4-2-5-16(14)23-12-17(22)19-7-3-9-21-11-8-18-13-21/h2,4-6,8,10-11,13H,3,7,9,12H2,1H3,(H,19,22). The molecule has 3 rings (SSSR count). The minimum Gasteiger partial charge on any atom is -0.483 e. The summed E-state index contributed by atoms with van der Waals surface area (Å²) in [4.78, 5) is 15.8. The number of amides is 1. The molecule has 0 radical (unpaired) electrons. The number of fused-ring (bicyclic) bond motifs is 1. The Labute approximate surface area is 134 Å². The first-order chi connectivity index (χ1) is 11.2. The van der Waals surface area contributed by atoms with Crippen LogP contribution < -0.4 is 10.1 Å². The molecule has 1 N–H and O–H groups in total. The van der Waals surface area contributed by atoms with E-state index in [0.717, 1.165) is 29.6 Å². The number of aryl methyl sites for hydroxylation is 2. The Kier molecular flexibility index (Phi) is 4.61. The van der Waals surface area contributed by atoms with Gasteiger partial charge in [-0.25, -0.2) is 4.98 Å². The third kappa shape index (κ3) is 3.71. The van der Waals surface area contributed by atoms with Gasteiger partial charge in [-0.05, 0) is 24.6 Å². The highest BCUT2D eigenvalue weighted by molar-refractivity contribution is 5.87. The summed E-state index contributed by atoms with van der Waals surface area (Å²) in [5.74, 6) is 0.625. The smallest absolute Gasteiger partial charge is 0.257 e. The highest BCUT2D eigenvalue weighted by Gasteiger charge is 2.07. The number of hydrogen-bond acceptors (Lipinski definition) is 3. The van der Waals surface area contributed by atoms with Gasteiger partial charge in [0, 0.05) is 44.1 Å². The van der Waals surface area contributed by atoms with Crippen LogP contribution in [0.4, 0.5) is 0 Å². The third-order valence-electron chi connectivity index (χ3n) is 3.72. The Hall–Kier alpha value is -2.76. The largest absolute Gasteiger partial charge is 0.483 e. The minimum absolute atomic E-state index is 0.0269. The molecule has 0 bridgehead atoms. The SMILES string of the molecule is Cn1ccc2c(OCC(=O)NCCCn3ccnc3)cccc21. The van der Waals surface area contributed by atoms with E-state index in [4.69, 9.17) is 4.74 Å². The summed E-state index contributed by atoms with van der Waals surface area (Å²) in [6.45, 7) is 1.49. The Bertz CT molecular complexity index is 777. The van der Waals surface area contributed by atoms with Gasteiger partial charge in [0.2, 0.25) is 0 Å². The molecule has 1 amide bonds. The zero-order chi connectivity index (χ0) is 16.1. The molecular formula is C17H20N4O2. The molecule has 0 saturated carbocycles. The zero-order valence-corrected chi connectivity index (χ0v) is 13.1. The predicted octanol–water partition coefficient (Wildman–Crippen LogP) is 1.96. The van der Waals surface area contributed by atoms with E-state index in [1.54, 1.807) is 12.5 Å². The summed E-state index contributed by atoms with van der Waals surface area (Å²) in [6, 6.07) is 7.83. The highest BCUT2D eigenvalue weighted by atomic mass is 16.5. The van der Waals surface area contributed by atoms with E-state index >= 15 is 0 Å². The van der Waals surface area contributed by atoms with Crippen LogP contribution in [0, 0.1) is 0 Å². The molecule has 23 heavy (non-hydrogen) atoms. The summed E-state index contributed by atoms with van der Waals surface area (Å²) in [7, 11) is 1.99. The van der Waals surface area contributed by atoms with Crippen molar-refractivity contribution in [2.75, 3.05) is 13.2 Å². The first-order valence-corrected chi connectivity index (χ1v) is 7.63. The molecule has 2 aromatic heterocycles. The lowest BCUT2D eigenvalue weighted by molar-refractivity contribution is -0.123. The topological polar surface area (TPSA) is 61.1 Å². The van der Waals surface area contributed by atoms with Gasteiger partial charge in [-0.15, -0.1) is 0 Å². The van der Waals surface area contributed by atoms with Crippen molar-refractivity contribution in [1.82, 2.24) is 19.4 Å². The second kappa shape index (κ2) is 7.00. The molecule has 0 saturated heterocycles. The first kappa shape index (κ1) is 15.1. The van der Waals surface area contributed by atoms with E-state index in [-0.39, 0.29) is 12.5 Å². The van der Waals surface area contributed by atoms with Gasteiger partial charge in [-0.1, -0.05) is 6.07 Å². The molecule has 2 heterocycles. The quantitative estimate of drug-likeness (QED) is 0.678. The van der Waals surface area contributed by atoms with Gasteiger partial charge >= 0.3 is 0 Å². The maximum atomic E-state index is 11.9. The fraction of sp³-hybridized carbons (Fsp3) is 0.294. The Morgan fingerprint density at radius 2 is 2.22 bits per heavy atom. The average Bonchev–Trinajstić information content (AvgIpc) is 3.20. The summed E-state index contributed by atoms with van der Waals surface area (Å²) in [5.41, 5.74) is 1.09. The van der Waals surface area contributed by atoms with Crippen LogP contribution in [-0.4, -0.2) is 33.2 Å². The summed E-state index contributed by atoms with van der Waals surface area (Å²) in [6.07, 6.45) is 8.26. The van der Waals surface area contributed by atoms with Crippen LogP contribution in [0.1, 0.15) is 6.42 Å². The maximum absolute atomic E-state index is 11.9. The molecule has 0 aliphatic carbocycles. The number of rotatable bonds is 7. The Balaban J connectivity index is 1.45. The highest BCUT2D eigenvalue weighted by Crippen LogP contribution is 2.25. The van der Waals surface area contributed by atoms with E-state index in [2.05, 4.69) is 10.3 Å². The molecular weight excluding hydrogens is 292 g/mol. The molecule has 0 fully saturated rings. The van der Waals surface area contributed by atoms with Crippen molar-refractivity contribution in [3.63, 3.8) is 0 Å². The van der Waals surface area contributed by atoms with Crippen LogP contribution in [0.3, 0.4) is 0 Å². The number of carbonyl (C=O) groups excluding carboxylic acids is 1. The van der Waals surface area contributed by atoms with Crippen LogP contribution in [0.25, 0.3) is 10.9 Å². The lowest BCUT2D eigenvalue weighted by atomic mass is 10.2. The molecule has 3 aromatic rings. The number of benzene rings is 1. The van der Waals surface area contributed by atoms with Crippen molar-refractivity contribution < 1.29 is 9.53 Å². The predicted molar refractivity (Wildman–Crippen MR) is 88.3 cm³/mol. The molecule has 6 heteroatoms. The van der Waals surface area contributed by atoms with Crippen molar-refractivity contribution in [3.8, 4) is 5.75 Å². The van der Waals surface area contributed by atoms with Crippen molar-refractivity contribution in [2.24, 2.45) is 7.05 Å². The second-order valence-electron chi connectivity index (χ2n) is 5.41. The summed E-state index contributed by atoms with van der Waals surface area (Å²) in [5, 5.41) is 3.88. The third-order valence-corrected chi connectivity index (χ3v) is 3.72. The van der Waals surface area contributed by atoms with Gasteiger partial charge in [0.1, 0.15) is 5.75 Å². The lowest BCUT2D eigenvalue weighted by Gasteiger charge is -2.09. The fourth-order valence-corrected chi connectivity index (χ4v) is 2.50. The Morgan fingerprint density at radius 3 is 3.04 bits per heavy atom. The van der Waals surface area contributed by atoms with Gasteiger partial charge in [0.05, 0.1) is 11.8 Å². The summed E-state index contributed by atoms with van der Waals surface area (Å²) >= 11 is 0. The van der Waals surface area contributed by atoms with Gasteiger partial charge in [0.15, 0.2) is 6.61 Å². The van der Waals surface area contributed by atoms with E-state index in [1.165, 1.54) is 0 Å². The van der Waals surface area contributed by atoms with Crippen molar-refractivity contribution in [1.29, 1.82) is 0 Å². The fourth-order valence-electron chi connectivity index (χ4n) is 2.50. The number of ether oxygens (including phenoxy) is 1. The first-order valence-electron chi connectivity index (χ1n) is 7.63. The van der Waals surface area contributed by atoms with Crippen molar-refractivity contribution in [3.05, 3.63) is 49.2 Å². The van der Waals surface area contributed by atoms with Crippen LogP contribution in [-0.2, 0) is 18.4 Å². The number of imidazole rings is 1. The van der Waals surface area contributed by atoms with Gasteiger partial charge in [-0.2, -0.15) is 0 Å². The van der Waals surface area contributed by atoms with Crippen LogP contribution in [0.5, 0.6) is 5.75 Å². The number of hydrogen-bond donors (Lipinski definition) is 1. The maximum Gasteiger partial charge on any atom is 0.257 e. The van der Waals surface area contributed by atoms with Crippen molar-refractivity contribution in [2.45, 2.75) is 13.0 Å². The van der Waals surface area contributed by atoms with E-state index < -0.39 is 0 Å². The molecule has 0 spiro atoms.